The lowest BCUT2D eigenvalue weighted by atomic mass is 9.92. The topological polar surface area (TPSA) is 0 Å². The summed E-state index contributed by atoms with van der Waals surface area (Å²) in [5.74, 6) is 0.909. The zero-order valence-electron chi connectivity index (χ0n) is 21.0. The molecule has 0 spiro atoms. The standard InChI is InChI=1S/C29H59/c1-4-7-9-11-13-15-17-19-21-23-25-27-29(6-3)28-26-24-22-20-18-16-14-12-10-8-5-2/h29H,3-28H2,1-2H3. The van der Waals surface area contributed by atoms with E-state index in [0.29, 0.717) is 0 Å². The van der Waals surface area contributed by atoms with Crippen molar-refractivity contribution in [2.45, 2.75) is 174 Å². The number of hydrogen-bond acceptors (Lipinski definition) is 0. The number of hydrogen-bond donors (Lipinski definition) is 0. The molecule has 0 heteroatoms. The van der Waals surface area contributed by atoms with Gasteiger partial charge in [0.2, 0.25) is 0 Å². The van der Waals surface area contributed by atoms with Gasteiger partial charge in [0.15, 0.2) is 0 Å². The predicted octanol–water partition coefficient (Wildman–Crippen LogP) is 11.2. The Morgan fingerprint density at radius 1 is 0.379 bits per heavy atom. The summed E-state index contributed by atoms with van der Waals surface area (Å²) in [5.41, 5.74) is 0. The zero-order chi connectivity index (χ0) is 21.3. The Kier molecular flexibility index (Phi) is 26.0. The summed E-state index contributed by atoms with van der Waals surface area (Å²) in [6, 6.07) is 0. The van der Waals surface area contributed by atoms with Gasteiger partial charge in [-0.05, 0) is 5.92 Å². The predicted molar refractivity (Wildman–Crippen MR) is 136 cm³/mol. The second-order valence-corrected chi connectivity index (χ2v) is 9.80. The van der Waals surface area contributed by atoms with Crippen molar-refractivity contribution in [3.05, 3.63) is 6.92 Å². The maximum absolute atomic E-state index is 4.23. The molecule has 0 aromatic carbocycles. The van der Waals surface area contributed by atoms with Crippen molar-refractivity contribution >= 4 is 0 Å². The molecule has 0 nitrogen and oxygen atoms in total. The second kappa shape index (κ2) is 26.0. The molecule has 175 valence electrons. The molecule has 0 unspecified atom stereocenters. The van der Waals surface area contributed by atoms with Crippen molar-refractivity contribution in [3.63, 3.8) is 0 Å². The van der Waals surface area contributed by atoms with E-state index in [9.17, 15) is 0 Å². The molecule has 0 fully saturated rings. The Labute approximate surface area is 187 Å². The third-order valence-corrected chi connectivity index (χ3v) is 6.84. The summed E-state index contributed by atoms with van der Waals surface area (Å²) < 4.78 is 0. The molecule has 0 saturated carbocycles. The molecule has 1 radical (unpaired) electrons. The first-order valence-corrected chi connectivity index (χ1v) is 14.1. The summed E-state index contributed by atoms with van der Waals surface area (Å²) in [4.78, 5) is 0. The van der Waals surface area contributed by atoms with E-state index < -0.39 is 0 Å². The van der Waals surface area contributed by atoms with Crippen LogP contribution in [-0.2, 0) is 0 Å². The van der Waals surface area contributed by atoms with E-state index in [1.165, 1.54) is 154 Å². The van der Waals surface area contributed by atoms with Gasteiger partial charge in [-0.15, -0.1) is 0 Å². The third kappa shape index (κ3) is 24.1. The minimum atomic E-state index is 0.909. The molecular formula is C29H59. The summed E-state index contributed by atoms with van der Waals surface area (Å²) in [7, 11) is 0. The van der Waals surface area contributed by atoms with Crippen LogP contribution in [0.2, 0.25) is 0 Å². The van der Waals surface area contributed by atoms with Gasteiger partial charge in [0, 0.05) is 0 Å². The fraction of sp³-hybridized carbons (Fsp3) is 0.966. The minimum Gasteiger partial charge on any atom is -0.0654 e. The molecule has 0 heterocycles. The van der Waals surface area contributed by atoms with E-state index in [1.54, 1.807) is 0 Å². The SMILES string of the molecule is [CH2]CC(CCCCCCCCCCCCC)CCCCCCCCCCCCC. The molecule has 0 aliphatic rings. The molecule has 0 rings (SSSR count). The zero-order valence-corrected chi connectivity index (χ0v) is 21.0. The summed E-state index contributed by atoms with van der Waals surface area (Å²) >= 11 is 0. The highest BCUT2D eigenvalue weighted by Gasteiger charge is 2.06. The largest absolute Gasteiger partial charge is 0.0654 e. The van der Waals surface area contributed by atoms with Crippen LogP contribution in [0.25, 0.3) is 0 Å². The van der Waals surface area contributed by atoms with Gasteiger partial charge in [0.05, 0.1) is 0 Å². The Hall–Kier alpha value is 0. The van der Waals surface area contributed by atoms with Crippen molar-refractivity contribution in [2.24, 2.45) is 5.92 Å². The van der Waals surface area contributed by atoms with Crippen LogP contribution in [-0.4, -0.2) is 0 Å². The first kappa shape index (κ1) is 29.0. The van der Waals surface area contributed by atoms with Gasteiger partial charge in [0.1, 0.15) is 0 Å². The maximum Gasteiger partial charge on any atom is -0.0414 e. The highest BCUT2D eigenvalue weighted by atomic mass is 14.1. The molecule has 0 aliphatic heterocycles. The molecule has 0 aromatic heterocycles. The highest BCUT2D eigenvalue weighted by Crippen LogP contribution is 2.22. The quantitative estimate of drug-likeness (QED) is 0.132. The van der Waals surface area contributed by atoms with Crippen LogP contribution in [0.5, 0.6) is 0 Å². The van der Waals surface area contributed by atoms with Crippen LogP contribution in [0.1, 0.15) is 174 Å². The molecule has 0 atom stereocenters. The molecule has 0 aliphatic carbocycles. The van der Waals surface area contributed by atoms with E-state index >= 15 is 0 Å². The van der Waals surface area contributed by atoms with Crippen LogP contribution < -0.4 is 0 Å². The third-order valence-electron chi connectivity index (χ3n) is 6.84. The van der Waals surface area contributed by atoms with Crippen LogP contribution in [0, 0.1) is 12.8 Å². The summed E-state index contributed by atoms with van der Waals surface area (Å²) in [6.45, 7) is 8.83. The highest BCUT2D eigenvalue weighted by molar-refractivity contribution is 4.62. The lowest BCUT2D eigenvalue weighted by molar-refractivity contribution is 0.404. The number of unbranched alkanes of at least 4 members (excludes halogenated alkanes) is 20. The Bertz CT molecular complexity index is 243. The van der Waals surface area contributed by atoms with Crippen LogP contribution in [0.4, 0.5) is 0 Å². The lowest BCUT2D eigenvalue weighted by Gasteiger charge is -2.14. The summed E-state index contributed by atoms with van der Waals surface area (Å²) in [5, 5.41) is 0. The Morgan fingerprint density at radius 2 is 0.621 bits per heavy atom. The van der Waals surface area contributed by atoms with Crippen molar-refractivity contribution in [3.8, 4) is 0 Å². The van der Waals surface area contributed by atoms with Crippen molar-refractivity contribution < 1.29 is 0 Å². The van der Waals surface area contributed by atoms with Gasteiger partial charge >= 0.3 is 0 Å². The van der Waals surface area contributed by atoms with Gasteiger partial charge in [-0.3, -0.25) is 0 Å². The van der Waals surface area contributed by atoms with Crippen molar-refractivity contribution in [1.29, 1.82) is 0 Å². The molecular weight excluding hydrogens is 348 g/mol. The maximum atomic E-state index is 4.23. The van der Waals surface area contributed by atoms with Gasteiger partial charge < -0.3 is 0 Å². The monoisotopic (exact) mass is 407 g/mol. The van der Waals surface area contributed by atoms with E-state index in [1.807, 2.05) is 0 Å². The molecule has 0 amide bonds. The normalized spacial score (nSPS) is 11.6. The van der Waals surface area contributed by atoms with Gasteiger partial charge in [-0.1, -0.05) is 181 Å². The molecule has 0 aromatic rings. The second-order valence-electron chi connectivity index (χ2n) is 9.80. The van der Waals surface area contributed by atoms with Crippen molar-refractivity contribution in [1.82, 2.24) is 0 Å². The fourth-order valence-electron chi connectivity index (χ4n) is 4.63. The van der Waals surface area contributed by atoms with Gasteiger partial charge in [-0.25, -0.2) is 0 Å². The van der Waals surface area contributed by atoms with Gasteiger partial charge in [-0.2, -0.15) is 0 Å². The van der Waals surface area contributed by atoms with Crippen LogP contribution in [0.3, 0.4) is 0 Å². The van der Waals surface area contributed by atoms with E-state index in [4.69, 9.17) is 0 Å². The van der Waals surface area contributed by atoms with Crippen LogP contribution in [0.15, 0.2) is 0 Å². The Morgan fingerprint density at radius 3 is 0.862 bits per heavy atom. The fourth-order valence-corrected chi connectivity index (χ4v) is 4.63. The molecule has 0 saturated heterocycles. The van der Waals surface area contributed by atoms with E-state index in [2.05, 4.69) is 20.8 Å². The Balaban J connectivity index is 3.27. The molecule has 0 bridgehead atoms. The molecule has 0 N–H and O–H groups in total. The van der Waals surface area contributed by atoms with Crippen LogP contribution >= 0.6 is 0 Å². The van der Waals surface area contributed by atoms with E-state index in [-0.39, 0.29) is 0 Å². The lowest BCUT2D eigenvalue weighted by Crippen LogP contribution is -1.99. The number of rotatable bonds is 25. The first-order valence-electron chi connectivity index (χ1n) is 14.1. The molecule has 29 heavy (non-hydrogen) atoms. The van der Waals surface area contributed by atoms with Gasteiger partial charge in [0.25, 0.3) is 0 Å². The van der Waals surface area contributed by atoms with E-state index in [0.717, 1.165) is 12.3 Å². The van der Waals surface area contributed by atoms with Crippen molar-refractivity contribution in [2.75, 3.05) is 0 Å². The first-order chi connectivity index (χ1) is 14.3. The summed E-state index contributed by atoms with van der Waals surface area (Å²) in [6.07, 6.45) is 36.1. The average molecular weight is 408 g/mol. The average Bonchev–Trinajstić information content (AvgIpc) is 2.74. The smallest absolute Gasteiger partial charge is 0.0414 e. The minimum absolute atomic E-state index is 0.909.